The Balaban J connectivity index is 2.08. The van der Waals surface area contributed by atoms with Gasteiger partial charge in [0.25, 0.3) is 0 Å². The average molecular weight is 128 g/mol. The Morgan fingerprint density at radius 2 is 2.11 bits per heavy atom. The molecule has 0 atom stereocenters. The number of nitrogens with one attached hydrogen (secondary N) is 1. The van der Waals surface area contributed by atoms with Gasteiger partial charge in [0, 0.05) is 19.3 Å². The maximum Gasteiger partial charge on any atom is 0.0480 e. The molecule has 2 heteroatoms. The van der Waals surface area contributed by atoms with E-state index in [1.807, 2.05) is 0 Å². The van der Waals surface area contributed by atoms with Gasteiger partial charge in [-0.05, 0) is 26.3 Å². The lowest BCUT2D eigenvalue weighted by atomic mass is 10.1. The van der Waals surface area contributed by atoms with Crippen molar-refractivity contribution in [2.75, 3.05) is 19.8 Å². The van der Waals surface area contributed by atoms with Gasteiger partial charge in [0.2, 0.25) is 0 Å². The van der Waals surface area contributed by atoms with Gasteiger partial charge in [0.15, 0.2) is 0 Å². The van der Waals surface area contributed by atoms with E-state index in [1.54, 1.807) is 0 Å². The van der Waals surface area contributed by atoms with Gasteiger partial charge < -0.3 is 10.1 Å². The third-order valence-corrected chi connectivity index (χ3v) is 1.65. The minimum atomic E-state index is 0.663. The molecule has 1 saturated heterocycles. The maximum absolute atomic E-state index is 5.19. The molecule has 9 heavy (non-hydrogen) atoms. The van der Waals surface area contributed by atoms with Gasteiger partial charge in [-0.2, -0.15) is 0 Å². The molecule has 1 fully saturated rings. The minimum absolute atomic E-state index is 0.663. The molecule has 0 amide bonds. The first-order chi connectivity index (χ1) is 4.43. The molecule has 0 aliphatic carbocycles. The summed E-state index contributed by atoms with van der Waals surface area (Å²) in [6.07, 6.45) is 2.30. The smallest absolute Gasteiger partial charge is 0.0480 e. The van der Waals surface area contributed by atoms with Crippen LogP contribution in [0.4, 0.5) is 0 Å². The average Bonchev–Trinajstić information content (AvgIpc) is 1.91. The van der Waals surface area contributed by atoms with Gasteiger partial charge in [-0.1, -0.05) is 0 Å². The zero-order valence-corrected chi connectivity index (χ0v) is 5.73. The van der Waals surface area contributed by atoms with E-state index in [9.17, 15) is 0 Å². The predicted molar refractivity (Wildman–Crippen MR) is 37.2 cm³/mol. The molecule has 0 aromatic heterocycles. The van der Waals surface area contributed by atoms with Crippen LogP contribution in [0.5, 0.6) is 0 Å². The van der Waals surface area contributed by atoms with Crippen LogP contribution in [0.2, 0.25) is 0 Å². The normalized spacial score (nSPS) is 22.3. The highest BCUT2D eigenvalue weighted by Crippen LogP contribution is 2.04. The molecule has 1 N–H and O–H groups in total. The van der Waals surface area contributed by atoms with E-state index in [2.05, 4.69) is 12.2 Å². The Kier molecular flexibility index (Phi) is 3.01. The van der Waals surface area contributed by atoms with Crippen LogP contribution in [0.15, 0.2) is 0 Å². The lowest BCUT2D eigenvalue weighted by Crippen LogP contribution is -2.34. The molecule has 1 radical (unpaired) electrons. The van der Waals surface area contributed by atoms with E-state index in [0.717, 1.165) is 32.6 Å². The molecular weight excluding hydrogens is 114 g/mol. The molecule has 1 aliphatic rings. The zero-order chi connectivity index (χ0) is 6.53. The van der Waals surface area contributed by atoms with Gasteiger partial charge in [-0.3, -0.25) is 0 Å². The summed E-state index contributed by atoms with van der Waals surface area (Å²) in [7, 11) is 0. The second-order valence-electron chi connectivity index (χ2n) is 2.34. The van der Waals surface area contributed by atoms with Crippen LogP contribution in [0.25, 0.3) is 0 Å². The predicted octanol–water partition coefficient (Wildman–Crippen LogP) is 0.589. The molecule has 0 bridgehead atoms. The first-order valence-corrected chi connectivity index (χ1v) is 3.54. The van der Waals surface area contributed by atoms with Crippen LogP contribution in [0.1, 0.15) is 12.8 Å². The Hall–Kier alpha value is -0.0800. The summed E-state index contributed by atoms with van der Waals surface area (Å²) < 4.78 is 5.19. The molecule has 0 aromatic rings. The SMILES string of the molecule is [CH2]CNC1CCOCC1. The third kappa shape index (κ3) is 2.33. The Labute approximate surface area is 56.6 Å². The molecule has 53 valence electrons. The van der Waals surface area contributed by atoms with Crippen LogP contribution >= 0.6 is 0 Å². The van der Waals surface area contributed by atoms with E-state index < -0.39 is 0 Å². The molecular formula is C7H14NO. The van der Waals surface area contributed by atoms with Crippen molar-refractivity contribution in [1.82, 2.24) is 5.32 Å². The molecule has 1 aliphatic heterocycles. The lowest BCUT2D eigenvalue weighted by Gasteiger charge is -2.22. The van der Waals surface area contributed by atoms with Crippen molar-refractivity contribution in [2.45, 2.75) is 18.9 Å². The van der Waals surface area contributed by atoms with Gasteiger partial charge in [-0.15, -0.1) is 0 Å². The van der Waals surface area contributed by atoms with Crippen molar-refractivity contribution >= 4 is 0 Å². The van der Waals surface area contributed by atoms with Crippen molar-refractivity contribution in [3.8, 4) is 0 Å². The highest BCUT2D eigenvalue weighted by Gasteiger charge is 2.10. The van der Waals surface area contributed by atoms with E-state index >= 15 is 0 Å². The molecule has 0 aromatic carbocycles. The Bertz CT molecular complexity index is 66.6. The molecule has 0 unspecified atom stereocenters. The second-order valence-corrected chi connectivity index (χ2v) is 2.34. The molecule has 0 saturated carbocycles. The summed E-state index contributed by atoms with van der Waals surface area (Å²) in [5.41, 5.74) is 0. The van der Waals surface area contributed by atoms with E-state index in [1.165, 1.54) is 0 Å². The number of hydrogen-bond acceptors (Lipinski definition) is 2. The number of rotatable bonds is 2. The quantitative estimate of drug-likeness (QED) is 0.587. The number of hydrogen-bond donors (Lipinski definition) is 1. The van der Waals surface area contributed by atoms with E-state index in [-0.39, 0.29) is 0 Å². The monoisotopic (exact) mass is 128 g/mol. The minimum Gasteiger partial charge on any atom is -0.381 e. The Morgan fingerprint density at radius 3 is 2.67 bits per heavy atom. The van der Waals surface area contributed by atoms with Gasteiger partial charge in [0.1, 0.15) is 0 Å². The first kappa shape index (κ1) is 7.03. The summed E-state index contributed by atoms with van der Waals surface area (Å²) in [4.78, 5) is 0. The largest absolute Gasteiger partial charge is 0.381 e. The summed E-state index contributed by atoms with van der Waals surface area (Å²) >= 11 is 0. The topological polar surface area (TPSA) is 21.3 Å². The highest BCUT2D eigenvalue weighted by molar-refractivity contribution is 4.69. The zero-order valence-electron chi connectivity index (χ0n) is 5.73. The van der Waals surface area contributed by atoms with E-state index in [4.69, 9.17) is 4.74 Å². The fourth-order valence-corrected chi connectivity index (χ4v) is 1.11. The second kappa shape index (κ2) is 3.85. The third-order valence-electron chi connectivity index (χ3n) is 1.65. The summed E-state index contributed by atoms with van der Waals surface area (Å²) in [5.74, 6) is 0. The van der Waals surface area contributed by atoms with Crippen molar-refractivity contribution in [1.29, 1.82) is 0 Å². The van der Waals surface area contributed by atoms with Gasteiger partial charge >= 0.3 is 0 Å². The Morgan fingerprint density at radius 1 is 1.44 bits per heavy atom. The van der Waals surface area contributed by atoms with Crippen molar-refractivity contribution in [3.05, 3.63) is 6.92 Å². The van der Waals surface area contributed by atoms with Crippen molar-refractivity contribution < 1.29 is 4.74 Å². The highest BCUT2D eigenvalue weighted by atomic mass is 16.5. The molecule has 2 nitrogen and oxygen atoms in total. The molecule has 0 spiro atoms. The van der Waals surface area contributed by atoms with Gasteiger partial charge in [-0.25, -0.2) is 0 Å². The molecule has 1 heterocycles. The van der Waals surface area contributed by atoms with Crippen LogP contribution < -0.4 is 5.32 Å². The van der Waals surface area contributed by atoms with Crippen molar-refractivity contribution in [2.24, 2.45) is 0 Å². The molecule has 1 rings (SSSR count). The fraction of sp³-hybridized carbons (Fsp3) is 0.857. The summed E-state index contributed by atoms with van der Waals surface area (Å²) in [5, 5.41) is 3.29. The van der Waals surface area contributed by atoms with Gasteiger partial charge in [0.05, 0.1) is 0 Å². The lowest BCUT2D eigenvalue weighted by molar-refractivity contribution is 0.0789. The van der Waals surface area contributed by atoms with Crippen LogP contribution in [0, 0.1) is 6.92 Å². The van der Waals surface area contributed by atoms with Crippen molar-refractivity contribution in [3.63, 3.8) is 0 Å². The van der Waals surface area contributed by atoms with Crippen LogP contribution in [-0.4, -0.2) is 25.8 Å². The first-order valence-electron chi connectivity index (χ1n) is 3.54. The van der Waals surface area contributed by atoms with E-state index in [0.29, 0.717) is 6.04 Å². The summed E-state index contributed by atoms with van der Waals surface area (Å²) in [6, 6.07) is 0.663. The maximum atomic E-state index is 5.19. The van der Waals surface area contributed by atoms with Crippen LogP contribution in [0.3, 0.4) is 0 Å². The van der Waals surface area contributed by atoms with Crippen LogP contribution in [-0.2, 0) is 4.74 Å². The fourth-order valence-electron chi connectivity index (χ4n) is 1.11. The number of ether oxygens (including phenoxy) is 1. The standard InChI is InChI=1S/C7H14NO/c1-2-8-7-3-5-9-6-4-7/h7-8H,1-6H2. The summed E-state index contributed by atoms with van der Waals surface area (Å²) in [6.45, 7) is 6.39.